The van der Waals surface area contributed by atoms with Crippen LogP contribution in [0.15, 0.2) is 42.5 Å². The van der Waals surface area contributed by atoms with Gasteiger partial charge in [-0.2, -0.15) is 0 Å². The predicted molar refractivity (Wildman–Crippen MR) is 90.9 cm³/mol. The fourth-order valence-electron chi connectivity index (χ4n) is 3.49. The van der Waals surface area contributed by atoms with Crippen molar-refractivity contribution in [3.05, 3.63) is 48.0 Å². The number of morpholine rings is 1. The van der Waals surface area contributed by atoms with Gasteiger partial charge in [0.2, 0.25) is 0 Å². The molecule has 1 aliphatic carbocycles. The summed E-state index contributed by atoms with van der Waals surface area (Å²) in [5.41, 5.74) is 1.42. The lowest BCUT2D eigenvalue weighted by molar-refractivity contribution is 0.0160. The van der Waals surface area contributed by atoms with Gasteiger partial charge in [-0.25, -0.2) is 0 Å². The van der Waals surface area contributed by atoms with Crippen LogP contribution in [0.1, 0.15) is 30.9 Å². The summed E-state index contributed by atoms with van der Waals surface area (Å²) >= 11 is 0. The zero-order valence-electron chi connectivity index (χ0n) is 13.4. The third-order valence-electron chi connectivity index (χ3n) is 4.82. The van der Waals surface area contributed by atoms with E-state index in [1.54, 1.807) is 0 Å². The van der Waals surface area contributed by atoms with Crippen LogP contribution in [0.5, 0.6) is 0 Å². The van der Waals surface area contributed by atoms with Crippen molar-refractivity contribution in [2.75, 3.05) is 39.4 Å². The van der Waals surface area contributed by atoms with Crippen LogP contribution in [0.3, 0.4) is 0 Å². The van der Waals surface area contributed by atoms with Crippen LogP contribution in [0.25, 0.3) is 0 Å². The van der Waals surface area contributed by atoms with E-state index >= 15 is 0 Å². The molecule has 1 N–H and O–H groups in total. The molecule has 1 aliphatic heterocycles. The molecule has 3 nitrogen and oxygen atoms in total. The third kappa shape index (κ3) is 4.42. The van der Waals surface area contributed by atoms with Crippen LogP contribution in [-0.4, -0.2) is 44.3 Å². The topological polar surface area (TPSA) is 24.5 Å². The van der Waals surface area contributed by atoms with Crippen LogP contribution in [0.4, 0.5) is 0 Å². The van der Waals surface area contributed by atoms with Gasteiger partial charge >= 0.3 is 0 Å². The largest absolute Gasteiger partial charge is 0.379 e. The highest BCUT2D eigenvalue weighted by molar-refractivity contribution is 5.19. The minimum absolute atomic E-state index is 0.462. The Kier molecular flexibility index (Phi) is 6.05. The summed E-state index contributed by atoms with van der Waals surface area (Å²) in [6.07, 6.45) is 8.47. The number of allylic oxidation sites excluding steroid dienone is 2. The maximum absolute atomic E-state index is 5.52. The summed E-state index contributed by atoms with van der Waals surface area (Å²) < 4.78 is 5.52. The SMILES string of the molecule is C1=CCC(CNCC(c2ccccc2)N2CCOCC2)CC1. The number of benzene rings is 1. The molecule has 3 rings (SSSR count). The molecule has 1 saturated heterocycles. The molecule has 1 aromatic rings. The molecule has 0 amide bonds. The minimum atomic E-state index is 0.462. The van der Waals surface area contributed by atoms with E-state index in [1.165, 1.54) is 24.8 Å². The highest BCUT2D eigenvalue weighted by Crippen LogP contribution is 2.22. The Balaban J connectivity index is 1.57. The smallest absolute Gasteiger partial charge is 0.0594 e. The standard InChI is InChI=1S/C19H28N2O/c1-3-7-17(8-4-1)15-20-16-19(18-9-5-2-6-10-18)21-11-13-22-14-12-21/h1-3,5-6,9-10,17,19-20H,4,7-8,11-16H2. The van der Waals surface area contributed by atoms with Crippen LogP contribution < -0.4 is 5.32 Å². The molecule has 0 bridgehead atoms. The fourth-order valence-corrected chi connectivity index (χ4v) is 3.49. The average Bonchev–Trinajstić information content (AvgIpc) is 2.61. The highest BCUT2D eigenvalue weighted by atomic mass is 16.5. The van der Waals surface area contributed by atoms with Crippen molar-refractivity contribution in [1.82, 2.24) is 10.2 Å². The maximum Gasteiger partial charge on any atom is 0.0594 e. The molecule has 2 atom stereocenters. The predicted octanol–water partition coefficient (Wildman–Crippen LogP) is 3.01. The first-order valence-corrected chi connectivity index (χ1v) is 8.66. The molecule has 1 aromatic carbocycles. The molecule has 1 heterocycles. The minimum Gasteiger partial charge on any atom is -0.379 e. The van der Waals surface area contributed by atoms with Gasteiger partial charge in [-0.1, -0.05) is 42.5 Å². The zero-order chi connectivity index (χ0) is 15.0. The molecule has 1 fully saturated rings. The van der Waals surface area contributed by atoms with Crippen molar-refractivity contribution >= 4 is 0 Å². The second-order valence-corrected chi connectivity index (χ2v) is 6.38. The molecule has 120 valence electrons. The Bertz CT molecular complexity index is 454. The monoisotopic (exact) mass is 300 g/mol. The molecule has 0 radical (unpaired) electrons. The lowest BCUT2D eigenvalue weighted by Gasteiger charge is -2.35. The number of ether oxygens (including phenoxy) is 1. The maximum atomic E-state index is 5.52. The molecule has 2 aliphatic rings. The first kappa shape index (κ1) is 15.7. The molecule has 0 aromatic heterocycles. The summed E-state index contributed by atoms with van der Waals surface area (Å²) in [4.78, 5) is 2.56. The normalized spacial score (nSPS) is 24.3. The van der Waals surface area contributed by atoms with Gasteiger partial charge in [0, 0.05) is 25.7 Å². The average molecular weight is 300 g/mol. The Morgan fingerprint density at radius 2 is 1.95 bits per heavy atom. The van der Waals surface area contributed by atoms with E-state index in [4.69, 9.17) is 4.74 Å². The van der Waals surface area contributed by atoms with E-state index in [0.717, 1.165) is 45.3 Å². The van der Waals surface area contributed by atoms with Crippen molar-refractivity contribution < 1.29 is 4.74 Å². The Morgan fingerprint density at radius 3 is 2.68 bits per heavy atom. The van der Waals surface area contributed by atoms with Gasteiger partial charge in [-0.15, -0.1) is 0 Å². The zero-order valence-corrected chi connectivity index (χ0v) is 13.4. The molecular weight excluding hydrogens is 272 g/mol. The summed E-state index contributed by atoms with van der Waals surface area (Å²) in [5.74, 6) is 0.811. The quantitative estimate of drug-likeness (QED) is 0.817. The molecule has 22 heavy (non-hydrogen) atoms. The van der Waals surface area contributed by atoms with Gasteiger partial charge in [-0.05, 0) is 37.3 Å². The molecule has 3 heteroatoms. The number of nitrogens with zero attached hydrogens (tertiary/aromatic N) is 1. The summed E-state index contributed by atoms with van der Waals surface area (Å²) in [6.45, 7) is 5.95. The van der Waals surface area contributed by atoms with Gasteiger partial charge in [0.1, 0.15) is 0 Å². The van der Waals surface area contributed by atoms with Crippen LogP contribution >= 0.6 is 0 Å². The van der Waals surface area contributed by atoms with Crippen molar-refractivity contribution in [2.24, 2.45) is 5.92 Å². The second kappa shape index (κ2) is 8.47. The van der Waals surface area contributed by atoms with E-state index in [0.29, 0.717) is 6.04 Å². The van der Waals surface area contributed by atoms with E-state index in [-0.39, 0.29) is 0 Å². The van der Waals surface area contributed by atoms with Gasteiger partial charge in [0.25, 0.3) is 0 Å². The molecule has 0 saturated carbocycles. The van der Waals surface area contributed by atoms with Crippen LogP contribution in [0.2, 0.25) is 0 Å². The van der Waals surface area contributed by atoms with Crippen molar-refractivity contribution in [3.63, 3.8) is 0 Å². The first-order chi connectivity index (χ1) is 10.9. The van der Waals surface area contributed by atoms with Crippen LogP contribution in [0, 0.1) is 5.92 Å². The molecule has 2 unspecified atom stereocenters. The first-order valence-electron chi connectivity index (χ1n) is 8.66. The third-order valence-corrected chi connectivity index (χ3v) is 4.82. The lowest BCUT2D eigenvalue weighted by Crippen LogP contribution is -2.43. The van der Waals surface area contributed by atoms with Crippen molar-refractivity contribution in [1.29, 1.82) is 0 Å². The second-order valence-electron chi connectivity index (χ2n) is 6.38. The van der Waals surface area contributed by atoms with Gasteiger partial charge in [0.05, 0.1) is 13.2 Å². The van der Waals surface area contributed by atoms with Crippen molar-refractivity contribution in [3.8, 4) is 0 Å². The molecular formula is C19H28N2O. The van der Waals surface area contributed by atoms with E-state index in [2.05, 4.69) is 52.7 Å². The Morgan fingerprint density at radius 1 is 1.14 bits per heavy atom. The highest BCUT2D eigenvalue weighted by Gasteiger charge is 2.22. The van der Waals surface area contributed by atoms with Gasteiger partial charge in [-0.3, -0.25) is 4.90 Å². The molecule has 0 spiro atoms. The van der Waals surface area contributed by atoms with Crippen molar-refractivity contribution in [2.45, 2.75) is 25.3 Å². The Labute approximate surface area is 134 Å². The summed E-state index contributed by atoms with van der Waals surface area (Å²) in [7, 11) is 0. The number of hydrogen-bond donors (Lipinski definition) is 1. The summed E-state index contributed by atoms with van der Waals surface area (Å²) in [6, 6.07) is 11.4. The van der Waals surface area contributed by atoms with Crippen LogP contribution in [-0.2, 0) is 4.74 Å². The fraction of sp³-hybridized carbons (Fsp3) is 0.579. The summed E-state index contributed by atoms with van der Waals surface area (Å²) in [5, 5.41) is 3.73. The van der Waals surface area contributed by atoms with Gasteiger partial charge < -0.3 is 10.1 Å². The van der Waals surface area contributed by atoms with Gasteiger partial charge in [0.15, 0.2) is 0 Å². The lowest BCUT2D eigenvalue weighted by atomic mass is 9.94. The number of rotatable bonds is 6. The van der Waals surface area contributed by atoms with E-state index in [9.17, 15) is 0 Å². The number of hydrogen-bond acceptors (Lipinski definition) is 3. The van der Waals surface area contributed by atoms with E-state index in [1.807, 2.05) is 0 Å². The van der Waals surface area contributed by atoms with E-state index < -0.39 is 0 Å². The Hall–Kier alpha value is -1.16. The number of nitrogens with one attached hydrogen (secondary N) is 1.